The summed E-state index contributed by atoms with van der Waals surface area (Å²) in [6.07, 6.45) is 1.02. The van der Waals surface area contributed by atoms with Gasteiger partial charge in [0.15, 0.2) is 5.78 Å². The van der Waals surface area contributed by atoms with Crippen molar-refractivity contribution in [1.29, 1.82) is 0 Å². The molecule has 2 aromatic carbocycles. The number of benzene rings is 2. The highest BCUT2D eigenvalue weighted by Crippen LogP contribution is 2.25. The van der Waals surface area contributed by atoms with Crippen molar-refractivity contribution < 1.29 is 4.79 Å². The normalized spacial score (nSPS) is 11.8. The fourth-order valence-corrected chi connectivity index (χ4v) is 3.47. The molecule has 0 heterocycles. The van der Waals surface area contributed by atoms with Gasteiger partial charge in [-0.3, -0.25) is 4.79 Å². The number of fused-ring (bicyclic) bond motifs is 1. The smallest absolute Gasteiger partial charge is 0.160 e. The van der Waals surface area contributed by atoms with Crippen LogP contribution in [0.5, 0.6) is 0 Å². The second-order valence-electron chi connectivity index (χ2n) is 6.44. The van der Waals surface area contributed by atoms with Crippen LogP contribution in [0.15, 0.2) is 36.4 Å². The zero-order chi connectivity index (χ0) is 14.0. The summed E-state index contributed by atoms with van der Waals surface area (Å²) in [5.41, 5.74) is 2.14. The zero-order valence-corrected chi connectivity index (χ0v) is 13.3. The van der Waals surface area contributed by atoms with Gasteiger partial charge in [0.2, 0.25) is 0 Å². The summed E-state index contributed by atoms with van der Waals surface area (Å²) in [6.45, 7) is 8.81. The fourth-order valence-electron chi connectivity index (χ4n) is 2.45. The van der Waals surface area contributed by atoms with Gasteiger partial charge < -0.3 is 0 Å². The number of rotatable bonds is 4. The second kappa shape index (κ2) is 5.30. The molecule has 0 bridgehead atoms. The monoisotopic (exact) mass is 270 g/mol. The van der Waals surface area contributed by atoms with Gasteiger partial charge in [-0.25, -0.2) is 0 Å². The maximum Gasteiger partial charge on any atom is 0.160 e. The minimum atomic E-state index is -1.08. The molecule has 0 aliphatic heterocycles. The molecule has 0 aliphatic rings. The van der Waals surface area contributed by atoms with Crippen LogP contribution in [0, 0.1) is 0 Å². The van der Waals surface area contributed by atoms with Crippen LogP contribution < -0.4 is 0 Å². The van der Waals surface area contributed by atoms with Gasteiger partial charge in [0, 0.05) is 13.6 Å². The van der Waals surface area contributed by atoms with E-state index in [0.717, 1.165) is 22.8 Å². The number of carbonyl (C=O) groups excluding carboxylic acids is 1. The van der Waals surface area contributed by atoms with Gasteiger partial charge in [0.25, 0.3) is 0 Å². The Morgan fingerprint density at radius 2 is 1.74 bits per heavy atom. The van der Waals surface area contributed by atoms with Gasteiger partial charge in [-0.15, -0.1) is 0 Å². The summed E-state index contributed by atoms with van der Waals surface area (Å²) < 4.78 is 0. The molecule has 0 fully saturated rings. The van der Waals surface area contributed by atoms with E-state index in [9.17, 15) is 4.79 Å². The molecular weight excluding hydrogens is 248 g/mol. The molecule has 1 nitrogen and oxygen atoms in total. The standard InChI is InChI=1S/C17H22OSi/c1-13(18)17-15(11-12-19(2,3)4)10-9-14-7-5-6-8-16(14)17/h5-10H,11-12H2,1-4H3. The lowest BCUT2D eigenvalue weighted by molar-refractivity contribution is 0.101. The molecule has 2 heteroatoms. The summed E-state index contributed by atoms with van der Waals surface area (Å²) >= 11 is 0. The van der Waals surface area contributed by atoms with Crippen molar-refractivity contribution in [2.75, 3.05) is 0 Å². The van der Waals surface area contributed by atoms with E-state index in [2.05, 4.69) is 43.9 Å². The average molecular weight is 270 g/mol. The van der Waals surface area contributed by atoms with Crippen molar-refractivity contribution in [2.45, 2.75) is 39.0 Å². The molecule has 0 N–H and O–H groups in total. The first kappa shape index (κ1) is 14.0. The molecule has 0 spiro atoms. The number of carbonyl (C=O) groups is 1. The Morgan fingerprint density at radius 3 is 2.37 bits per heavy atom. The molecule has 2 aromatic rings. The van der Waals surface area contributed by atoms with Crippen molar-refractivity contribution in [3.63, 3.8) is 0 Å². The first-order chi connectivity index (χ1) is 8.88. The Kier molecular flexibility index (Phi) is 3.90. The third kappa shape index (κ3) is 3.32. The first-order valence-corrected chi connectivity index (χ1v) is 10.6. The number of hydrogen-bond donors (Lipinski definition) is 0. The van der Waals surface area contributed by atoms with E-state index in [0.29, 0.717) is 0 Å². The van der Waals surface area contributed by atoms with Crippen LogP contribution in [-0.4, -0.2) is 13.9 Å². The quantitative estimate of drug-likeness (QED) is 0.569. The lowest BCUT2D eigenvalue weighted by Gasteiger charge is -2.17. The summed E-state index contributed by atoms with van der Waals surface area (Å²) in [7, 11) is -1.08. The molecule has 0 amide bonds. The lowest BCUT2D eigenvalue weighted by Crippen LogP contribution is -2.20. The predicted octanol–water partition coefficient (Wildman–Crippen LogP) is 4.92. The minimum absolute atomic E-state index is 0.183. The number of ketones is 1. The van der Waals surface area contributed by atoms with Gasteiger partial charge in [-0.1, -0.05) is 62.1 Å². The Bertz CT molecular complexity index is 608. The summed E-state index contributed by atoms with van der Waals surface area (Å²) in [5, 5.41) is 2.26. The Morgan fingerprint density at radius 1 is 1.05 bits per heavy atom. The Labute approximate surface area is 116 Å². The topological polar surface area (TPSA) is 17.1 Å². The minimum Gasteiger partial charge on any atom is -0.294 e. The summed E-state index contributed by atoms with van der Waals surface area (Å²) in [4.78, 5) is 12.0. The maximum absolute atomic E-state index is 12.0. The van der Waals surface area contributed by atoms with Crippen molar-refractivity contribution in [3.05, 3.63) is 47.5 Å². The Hall–Kier alpha value is -1.41. The number of hydrogen-bond acceptors (Lipinski definition) is 1. The number of Topliss-reactive ketones (excluding diaryl/α,β-unsaturated/α-hetero) is 1. The van der Waals surface area contributed by atoms with Crippen molar-refractivity contribution in [2.24, 2.45) is 0 Å². The van der Waals surface area contributed by atoms with E-state index in [1.807, 2.05) is 12.1 Å². The zero-order valence-electron chi connectivity index (χ0n) is 12.3. The molecular formula is C17H22OSi. The third-order valence-corrected chi connectivity index (χ3v) is 5.26. The van der Waals surface area contributed by atoms with Gasteiger partial charge >= 0.3 is 0 Å². The van der Waals surface area contributed by atoms with Gasteiger partial charge in [-0.05, 0) is 29.7 Å². The highest BCUT2D eigenvalue weighted by atomic mass is 28.3. The van der Waals surface area contributed by atoms with Crippen molar-refractivity contribution >= 4 is 24.6 Å². The van der Waals surface area contributed by atoms with Crippen molar-refractivity contribution in [1.82, 2.24) is 0 Å². The molecule has 0 unspecified atom stereocenters. The predicted molar refractivity (Wildman–Crippen MR) is 85.8 cm³/mol. The molecule has 0 atom stereocenters. The van der Waals surface area contributed by atoms with Crippen LogP contribution in [-0.2, 0) is 6.42 Å². The van der Waals surface area contributed by atoms with Gasteiger partial charge in [-0.2, -0.15) is 0 Å². The molecule has 19 heavy (non-hydrogen) atoms. The van der Waals surface area contributed by atoms with Gasteiger partial charge in [0.05, 0.1) is 0 Å². The van der Waals surface area contributed by atoms with Crippen LogP contribution in [0.1, 0.15) is 22.8 Å². The first-order valence-electron chi connectivity index (χ1n) is 6.90. The van der Waals surface area contributed by atoms with Crippen LogP contribution in [0.25, 0.3) is 10.8 Å². The average Bonchev–Trinajstić information content (AvgIpc) is 2.34. The van der Waals surface area contributed by atoms with Crippen molar-refractivity contribution in [3.8, 4) is 0 Å². The molecule has 0 saturated carbocycles. The highest BCUT2D eigenvalue weighted by molar-refractivity contribution is 6.76. The van der Waals surface area contributed by atoms with Crippen LogP contribution in [0.4, 0.5) is 0 Å². The fraction of sp³-hybridized carbons (Fsp3) is 0.353. The molecule has 100 valence electrons. The maximum atomic E-state index is 12.0. The molecule has 0 saturated heterocycles. The second-order valence-corrected chi connectivity index (χ2v) is 12.1. The molecule has 0 radical (unpaired) electrons. The molecule has 0 aromatic heterocycles. The van der Waals surface area contributed by atoms with E-state index in [1.54, 1.807) is 6.92 Å². The summed E-state index contributed by atoms with van der Waals surface area (Å²) in [6, 6.07) is 13.7. The molecule has 2 rings (SSSR count). The van der Waals surface area contributed by atoms with Crippen LogP contribution in [0.3, 0.4) is 0 Å². The molecule has 0 aliphatic carbocycles. The highest BCUT2D eigenvalue weighted by Gasteiger charge is 2.16. The summed E-state index contributed by atoms with van der Waals surface area (Å²) in [5.74, 6) is 0.183. The largest absolute Gasteiger partial charge is 0.294 e. The van der Waals surface area contributed by atoms with E-state index < -0.39 is 8.07 Å². The van der Waals surface area contributed by atoms with Crippen LogP contribution in [0.2, 0.25) is 25.7 Å². The SMILES string of the molecule is CC(=O)c1c(CC[Si](C)(C)C)ccc2ccccc12. The van der Waals surface area contributed by atoms with E-state index in [-0.39, 0.29) is 5.78 Å². The van der Waals surface area contributed by atoms with E-state index in [1.165, 1.54) is 11.6 Å². The third-order valence-electron chi connectivity index (χ3n) is 3.51. The lowest BCUT2D eigenvalue weighted by atomic mass is 9.95. The number of aryl methyl sites for hydroxylation is 1. The van der Waals surface area contributed by atoms with Crippen LogP contribution >= 0.6 is 0 Å². The Balaban J connectivity index is 2.49. The van der Waals surface area contributed by atoms with Gasteiger partial charge in [0.1, 0.15) is 0 Å². The van der Waals surface area contributed by atoms with E-state index in [4.69, 9.17) is 0 Å². The van der Waals surface area contributed by atoms with E-state index >= 15 is 0 Å².